The minimum absolute atomic E-state index is 0.0563. The molecule has 0 saturated carbocycles. The van der Waals surface area contributed by atoms with Gasteiger partial charge in [-0.1, -0.05) is 30.3 Å². The summed E-state index contributed by atoms with van der Waals surface area (Å²) in [5.74, 6) is -0.794. The van der Waals surface area contributed by atoms with E-state index in [1.54, 1.807) is 0 Å². The molecule has 0 aromatic heterocycles. The van der Waals surface area contributed by atoms with Crippen molar-refractivity contribution in [3.05, 3.63) is 59.2 Å². The quantitative estimate of drug-likeness (QED) is 0.721. The first-order valence-corrected chi connectivity index (χ1v) is 9.45. The number of benzene rings is 2. The van der Waals surface area contributed by atoms with Crippen LogP contribution in [0.2, 0.25) is 0 Å². The van der Waals surface area contributed by atoms with Crippen LogP contribution in [0.15, 0.2) is 42.5 Å². The number of hydrogen-bond donors (Lipinski definition) is 3. The van der Waals surface area contributed by atoms with E-state index >= 15 is 0 Å². The Morgan fingerprint density at radius 3 is 2.68 bits per heavy atom. The predicted octanol–water partition coefficient (Wildman–Crippen LogP) is 2.95. The molecule has 1 heterocycles. The first kappa shape index (κ1) is 19.6. The zero-order valence-corrected chi connectivity index (χ0v) is 16.2. The maximum absolute atomic E-state index is 12.2. The summed E-state index contributed by atoms with van der Waals surface area (Å²) in [6, 6.07) is 13.4. The number of anilines is 2. The SMILES string of the molecule is Cc1cccc(NC(=O)CNC(=O)CCC2Cc3ccccc3NC2=O)c1C. The summed E-state index contributed by atoms with van der Waals surface area (Å²) in [5, 5.41) is 8.33. The smallest absolute Gasteiger partial charge is 0.243 e. The van der Waals surface area contributed by atoms with Crippen LogP contribution in [-0.4, -0.2) is 24.3 Å². The zero-order valence-electron chi connectivity index (χ0n) is 16.2. The number of nitrogens with one attached hydrogen (secondary N) is 3. The average molecular weight is 379 g/mol. The largest absolute Gasteiger partial charge is 0.347 e. The highest BCUT2D eigenvalue weighted by Gasteiger charge is 2.26. The van der Waals surface area contributed by atoms with Crippen molar-refractivity contribution in [2.45, 2.75) is 33.1 Å². The molecular formula is C22H25N3O3. The van der Waals surface area contributed by atoms with Gasteiger partial charge in [-0.25, -0.2) is 0 Å². The molecule has 1 atom stereocenters. The Labute approximate surface area is 164 Å². The number of carbonyl (C=O) groups excluding carboxylic acids is 3. The van der Waals surface area contributed by atoms with Crippen LogP contribution in [0.3, 0.4) is 0 Å². The van der Waals surface area contributed by atoms with Crippen molar-refractivity contribution >= 4 is 29.1 Å². The molecule has 0 radical (unpaired) electrons. The maximum Gasteiger partial charge on any atom is 0.243 e. The molecule has 3 rings (SSSR count). The van der Waals surface area contributed by atoms with E-state index in [0.29, 0.717) is 12.8 Å². The van der Waals surface area contributed by atoms with E-state index in [4.69, 9.17) is 0 Å². The molecule has 0 spiro atoms. The molecule has 6 nitrogen and oxygen atoms in total. The number of aryl methyl sites for hydroxylation is 1. The summed E-state index contributed by atoms with van der Waals surface area (Å²) < 4.78 is 0. The first-order chi connectivity index (χ1) is 13.4. The Kier molecular flexibility index (Phi) is 6.09. The van der Waals surface area contributed by atoms with Crippen molar-refractivity contribution in [2.75, 3.05) is 17.2 Å². The van der Waals surface area contributed by atoms with Gasteiger partial charge >= 0.3 is 0 Å². The van der Waals surface area contributed by atoms with Gasteiger partial charge < -0.3 is 16.0 Å². The van der Waals surface area contributed by atoms with E-state index in [-0.39, 0.29) is 36.6 Å². The molecule has 3 N–H and O–H groups in total. The molecule has 0 fully saturated rings. The highest BCUT2D eigenvalue weighted by Crippen LogP contribution is 2.27. The Hall–Kier alpha value is -3.15. The highest BCUT2D eigenvalue weighted by atomic mass is 16.2. The fraction of sp³-hybridized carbons (Fsp3) is 0.318. The second kappa shape index (κ2) is 8.69. The minimum atomic E-state index is -0.272. The summed E-state index contributed by atoms with van der Waals surface area (Å²) >= 11 is 0. The second-order valence-electron chi connectivity index (χ2n) is 7.16. The molecule has 3 amide bonds. The van der Waals surface area contributed by atoms with Gasteiger partial charge in [0.15, 0.2) is 0 Å². The second-order valence-corrected chi connectivity index (χ2v) is 7.16. The third-order valence-corrected chi connectivity index (χ3v) is 5.16. The Morgan fingerprint density at radius 2 is 1.86 bits per heavy atom. The topological polar surface area (TPSA) is 87.3 Å². The van der Waals surface area contributed by atoms with Crippen LogP contribution in [0.4, 0.5) is 11.4 Å². The van der Waals surface area contributed by atoms with Crippen molar-refractivity contribution in [3.63, 3.8) is 0 Å². The molecular weight excluding hydrogens is 354 g/mol. The van der Waals surface area contributed by atoms with Gasteiger partial charge in [0.2, 0.25) is 17.7 Å². The molecule has 0 aliphatic carbocycles. The number of para-hydroxylation sites is 1. The van der Waals surface area contributed by atoms with Crippen molar-refractivity contribution < 1.29 is 14.4 Å². The molecule has 28 heavy (non-hydrogen) atoms. The highest BCUT2D eigenvalue weighted by molar-refractivity contribution is 5.97. The number of hydrogen-bond acceptors (Lipinski definition) is 3. The summed E-state index contributed by atoms with van der Waals surface area (Å²) in [7, 11) is 0. The summed E-state index contributed by atoms with van der Waals surface area (Å²) in [6.45, 7) is 3.83. The van der Waals surface area contributed by atoms with Gasteiger partial charge in [-0.2, -0.15) is 0 Å². The minimum Gasteiger partial charge on any atom is -0.347 e. The summed E-state index contributed by atoms with van der Waals surface area (Å²) in [5.41, 5.74) is 4.77. The molecule has 2 aromatic carbocycles. The fourth-order valence-corrected chi connectivity index (χ4v) is 3.30. The van der Waals surface area contributed by atoms with Crippen LogP contribution in [0.1, 0.15) is 29.5 Å². The average Bonchev–Trinajstić information content (AvgIpc) is 2.68. The first-order valence-electron chi connectivity index (χ1n) is 9.45. The molecule has 0 saturated heterocycles. The van der Waals surface area contributed by atoms with Crippen LogP contribution < -0.4 is 16.0 Å². The van der Waals surface area contributed by atoms with Gasteiger partial charge in [-0.15, -0.1) is 0 Å². The third kappa shape index (κ3) is 4.76. The molecule has 1 aliphatic heterocycles. The Morgan fingerprint density at radius 1 is 1.07 bits per heavy atom. The van der Waals surface area contributed by atoms with Gasteiger partial charge in [-0.05, 0) is 55.5 Å². The maximum atomic E-state index is 12.2. The van der Waals surface area contributed by atoms with E-state index in [1.807, 2.05) is 56.3 Å². The molecule has 0 bridgehead atoms. The van der Waals surface area contributed by atoms with E-state index in [0.717, 1.165) is 28.1 Å². The standard InChI is InChI=1S/C22H25N3O3/c1-14-6-5-9-18(15(14)2)24-21(27)13-23-20(26)11-10-17-12-16-7-3-4-8-19(16)25-22(17)28/h3-9,17H,10-13H2,1-2H3,(H,23,26)(H,24,27)(H,25,28). The lowest BCUT2D eigenvalue weighted by Crippen LogP contribution is -2.34. The molecule has 1 aliphatic rings. The van der Waals surface area contributed by atoms with E-state index in [1.165, 1.54) is 0 Å². The zero-order chi connectivity index (χ0) is 20.1. The molecule has 146 valence electrons. The number of rotatable bonds is 6. The Bertz CT molecular complexity index is 908. The van der Waals surface area contributed by atoms with Gasteiger partial charge in [0.25, 0.3) is 0 Å². The summed E-state index contributed by atoms with van der Waals surface area (Å²) in [4.78, 5) is 36.4. The third-order valence-electron chi connectivity index (χ3n) is 5.16. The van der Waals surface area contributed by atoms with E-state index in [2.05, 4.69) is 16.0 Å². The van der Waals surface area contributed by atoms with Crippen molar-refractivity contribution in [1.29, 1.82) is 0 Å². The lowest BCUT2D eigenvalue weighted by molar-refractivity contribution is -0.125. The van der Waals surface area contributed by atoms with E-state index < -0.39 is 0 Å². The lowest BCUT2D eigenvalue weighted by Gasteiger charge is -2.24. The predicted molar refractivity (Wildman–Crippen MR) is 109 cm³/mol. The molecule has 1 unspecified atom stereocenters. The van der Waals surface area contributed by atoms with Crippen LogP contribution in [-0.2, 0) is 20.8 Å². The van der Waals surface area contributed by atoms with Gasteiger partial charge in [-0.3, -0.25) is 14.4 Å². The van der Waals surface area contributed by atoms with Crippen molar-refractivity contribution in [3.8, 4) is 0 Å². The lowest BCUT2D eigenvalue weighted by atomic mass is 9.89. The molecule has 6 heteroatoms. The fourth-order valence-electron chi connectivity index (χ4n) is 3.30. The van der Waals surface area contributed by atoms with Crippen LogP contribution in [0.5, 0.6) is 0 Å². The monoisotopic (exact) mass is 379 g/mol. The van der Waals surface area contributed by atoms with Crippen LogP contribution in [0.25, 0.3) is 0 Å². The number of carbonyl (C=O) groups is 3. The Balaban J connectivity index is 1.44. The van der Waals surface area contributed by atoms with E-state index in [9.17, 15) is 14.4 Å². The van der Waals surface area contributed by atoms with Crippen LogP contribution in [0, 0.1) is 19.8 Å². The van der Waals surface area contributed by atoms with Gasteiger partial charge in [0.05, 0.1) is 6.54 Å². The van der Waals surface area contributed by atoms with Gasteiger partial charge in [0, 0.05) is 23.7 Å². The van der Waals surface area contributed by atoms with Crippen molar-refractivity contribution in [2.24, 2.45) is 5.92 Å². The van der Waals surface area contributed by atoms with Gasteiger partial charge in [0.1, 0.15) is 0 Å². The number of amides is 3. The van der Waals surface area contributed by atoms with Crippen molar-refractivity contribution in [1.82, 2.24) is 5.32 Å². The van der Waals surface area contributed by atoms with Crippen LogP contribution >= 0.6 is 0 Å². The normalized spacial score (nSPS) is 15.4. The summed E-state index contributed by atoms with van der Waals surface area (Å²) in [6.07, 6.45) is 1.28. The molecule has 2 aromatic rings. The number of fused-ring (bicyclic) bond motifs is 1.